The molecule has 1 amide bonds. The van der Waals surface area contributed by atoms with E-state index in [1.54, 1.807) is 59.5 Å². The van der Waals surface area contributed by atoms with E-state index in [2.05, 4.69) is 31.4 Å². The van der Waals surface area contributed by atoms with Gasteiger partial charge in [-0.25, -0.2) is 4.68 Å². The second-order valence-electron chi connectivity index (χ2n) is 6.77. The van der Waals surface area contributed by atoms with Gasteiger partial charge >= 0.3 is 0 Å². The topological polar surface area (TPSA) is 74.0 Å². The highest BCUT2D eigenvalue weighted by Crippen LogP contribution is 2.29. The third-order valence-corrected chi connectivity index (χ3v) is 6.29. The molecule has 7 nitrogen and oxygen atoms in total. The maximum atomic E-state index is 12.6. The Hall–Kier alpha value is -2.23. The largest absolute Gasteiger partial charge is 0.470 e. The van der Waals surface area contributed by atoms with E-state index >= 15 is 0 Å². The van der Waals surface area contributed by atoms with Crippen molar-refractivity contribution in [3.63, 3.8) is 0 Å². The average Bonchev–Trinajstić information content (AvgIpc) is 3.37. The van der Waals surface area contributed by atoms with Crippen molar-refractivity contribution in [2.75, 3.05) is 5.32 Å². The maximum Gasteiger partial charge on any atom is 0.277 e. The number of nitrogens with one attached hydrogen (secondary N) is 1. The van der Waals surface area contributed by atoms with Gasteiger partial charge in [0.15, 0.2) is 18.2 Å². The van der Waals surface area contributed by atoms with Crippen LogP contribution >= 0.6 is 62.3 Å². The van der Waals surface area contributed by atoms with Crippen molar-refractivity contribution >= 4 is 74.1 Å². The summed E-state index contributed by atoms with van der Waals surface area (Å²) in [5.41, 5.74) is 0.873. The summed E-state index contributed by atoms with van der Waals surface area (Å²) in [6.45, 7) is 0.391. The minimum Gasteiger partial charge on any atom is -0.470 e. The standard InChI is InChI=1S/C21H14BrCl4N5O2/c22-14-8-12(23)4-5-19(14)33-11-30-7-6-18(28-30)21(32)27-20-17(26)10-31(29-20)9-13-15(24)2-1-3-16(13)25/h1-8,10H,9,11H2,(H,27,29,32). The zero-order valence-corrected chi connectivity index (χ0v) is 21.2. The average molecular weight is 590 g/mol. The predicted octanol–water partition coefficient (Wildman–Crippen LogP) is 6.79. The predicted molar refractivity (Wildman–Crippen MR) is 133 cm³/mol. The molecule has 4 rings (SSSR count). The molecule has 2 heterocycles. The van der Waals surface area contributed by atoms with Gasteiger partial charge in [-0.3, -0.25) is 9.48 Å². The van der Waals surface area contributed by atoms with Gasteiger partial charge in [0.1, 0.15) is 10.8 Å². The third kappa shape index (κ3) is 5.83. The molecule has 2 aromatic carbocycles. The number of halogens is 5. The van der Waals surface area contributed by atoms with Gasteiger partial charge in [-0.15, -0.1) is 0 Å². The summed E-state index contributed by atoms with van der Waals surface area (Å²) in [4.78, 5) is 12.6. The molecular formula is C21H14BrCl4N5O2. The van der Waals surface area contributed by atoms with E-state index < -0.39 is 5.91 Å². The summed E-state index contributed by atoms with van der Waals surface area (Å²) in [7, 11) is 0. The Balaban J connectivity index is 1.40. The molecule has 0 saturated carbocycles. The van der Waals surface area contributed by atoms with Crippen LogP contribution in [0.1, 0.15) is 16.1 Å². The molecular weight excluding hydrogens is 576 g/mol. The molecule has 0 saturated heterocycles. The molecule has 0 aliphatic carbocycles. The van der Waals surface area contributed by atoms with Crippen LogP contribution in [0.15, 0.2) is 59.3 Å². The lowest BCUT2D eigenvalue weighted by molar-refractivity contribution is 0.101. The van der Waals surface area contributed by atoms with Crippen molar-refractivity contribution in [1.82, 2.24) is 19.6 Å². The molecule has 2 aromatic heterocycles. The lowest BCUT2D eigenvalue weighted by atomic mass is 10.2. The molecule has 12 heteroatoms. The van der Waals surface area contributed by atoms with E-state index in [4.69, 9.17) is 51.1 Å². The van der Waals surface area contributed by atoms with Crippen LogP contribution in [0.2, 0.25) is 20.1 Å². The Labute approximate surface area is 217 Å². The number of hydrogen-bond acceptors (Lipinski definition) is 4. The quantitative estimate of drug-likeness (QED) is 0.257. The highest BCUT2D eigenvalue weighted by atomic mass is 79.9. The van der Waals surface area contributed by atoms with Crippen molar-refractivity contribution in [2.45, 2.75) is 13.3 Å². The number of benzene rings is 2. The van der Waals surface area contributed by atoms with Crippen LogP contribution in [0.25, 0.3) is 0 Å². The molecule has 33 heavy (non-hydrogen) atoms. The van der Waals surface area contributed by atoms with Gasteiger partial charge in [0.25, 0.3) is 5.91 Å². The SMILES string of the molecule is O=C(Nc1nn(Cc2c(Cl)cccc2Cl)cc1Cl)c1ccn(COc2ccc(Cl)cc2Br)n1. The van der Waals surface area contributed by atoms with Crippen LogP contribution in [0.4, 0.5) is 5.82 Å². The van der Waals surface area contributed by atoms with Crippen molar-refractivity contribution in [3.05, 3.63) is 90.7 Å². The molecule has 0 aliphatic heterocycles. The number of aromatic nitrogens is 4. The number of hydrogen-bond donors (Lipinski definition) is 1. The van der Waals surface area contributed by atoms with Crippen molar-refractivity contribution in [2.24, 2.45) is 0 Å². The summed E-state index contributed by atoms with van der Waals surface area (Å²) in [5, 5.41) is 13.1. The first-order valence-corrected chi connectivity index (χ1v) is 11.7. The van der Waals surface area contributed by atoms with Crippen molar-refractivity contribution < 1.29 is 9.53 Å². The van der Waals surface area contributed by atoms with Crippen LogP contribution in [0.3, 0.4) is 0 Å². The fraction of sp³-hybridized carbons (Fsp3) is 0.0952. The van der Waals surface area contributed by atoms with E-state index in [0.717, 1.165) is 0 Å². The van der Waals surface area contributed by atoms with Crippen LogP contribution in [0, 0.1) is 0 Å². The Morgan fingerprint density at radius 2 is 1.76 bits per heavy atom. The number of carbonyl (C=O) groups is 1. The summed E-state index contributed by atoms with van der Waals surface area (Å²) in [5.74, 6) is 0.321. The van der Waals surface area contributed by atoms with Gasteiger partial charge in [0.05, 0.1) is 11.0 Å². The van der Waals surface area contributed by atoms with E-state index in [9.17, 15) is 4.79 Å². The zero-order valence-electron chi connectivity index (χ0n) is 16.6. The number of rotatable bonds is 7. The Kier molecular flexibility index (Phi) is 7.51. The fourth-order valence-corrected chi connectivity index (χ4v) is 4.37. The normalized spacial score (nSPS) is 10.9. The molecule has 170 valence electrons. The number of carbonyl (C=O) groups excluding carboxylic acids is 1. The lowest BCUT2D eigenvalue weighted by Crippen LogP contribution is -2.15. The summed E-state index contributed by atoms with van der Waals surface area (Å²) in [6.07, 6.45) is 3.20. The summed E-state index contributed by atoms with van der Waals surface area (Å²) < 4.78 is 9.43. The molecule has 0 unspecified atom stereocenters. The molecule has 0 aliphatic rings. The van der Waals surface area contributed by atoms with E-state index in [1.807, 2.05) is 0 Å². The van der Waals surface area contributed by atoms with Crippen LogP contribution in [0.5, 0.6) is 5.75 Å². The number of nitrogens with zero attached hydrogens (tertiary/aromatic N) is 4. The van der Waals surface area contributed by atoms with E-state index in [-0.39, 0.29) is 23.3 Å². The zero-order chi connectivity index (χ0) is 23.5. The first-order valence-electron chi connectivity index (χ1n) is 9.38. The molecule has 0 bridgehead atoms. The van der Waals surface area contributed by atoms with Crippen LogP contribution < -0.4 is 10.1 Å². The van der Waals surface area contributed by atoms with Crippen molar-refractivity contribution in [3.8, 4) is 5.75 Å². The van der Waals surface area contributed by atoms with Gasteiger partial charge in [0, 0.05) is 33.0 Å². The van der Waals surface area contributed by atoms with Crippen LogP contribution in [-0.4, -0.2) is 25.5 Å². The minimum absolute atomic E-state index is 0.0987. The highest BCUT2D eigenvalue weighted by Gasteiger charge is 2.16. The van der Waals surface area contributed by atoms with Gasteiger partial charge < -0.3 is 10.1 Å². The lowest BCUT2D eigenvalue weighted by Gasteiger charge is -2.08. The van der Waals surface area contributed by atoms with Gasteiger partial charge in [-0.05, 0) is 52.3 Å². The first kappa shape index (κ1) is 23.9. The molecule has 0 spiro atoms. The molecule has 4 aromatic rings. The number of amides is 1. The Morgan fingerprint density at radius 3 is 2.48 bits per heavy atom. The Bertz CT molecular complexity index is 1300. The number of ether oxygens (including phenoxy) is 1. The van der Waals surface area contributed by atoms with Gasteiger partial charge in [0.2, 0.25) is 0 Å². The Morgan fingerprint density at radius 1 is 1.00 bits per heavy atom. The van der Waals surface area contributed by atoms with Crippen LogP contribution in [-0.2, 0) is 13.3 Å². The van der Waals surface area contributed by atoms with Crippen molar-refractivity contribution in [1.29, 1.82) is 0 Å². The highest BCUT2D eigenvalue weighted by molar-refractivity contribution is 9.10. The maximum absolute atomic E-state index is 12.6. The molecule has 0 radical (unpaired) electrons. The summed E-state index contributed by atoms with van der Waals surface area (Å²) in [6, 6.07) is 12.0. The third-order valence-electron chi connectivity index (χ3n) is 4.45. The van der Waals surface area contributed by atoms with Gasteiger partial charge in [-0.1, -0.05) is 52.5 Å². The molecule has 0 fully saturated rings. The minimum atomic E-state index is -0.468. The second-order valence-corrected chi connectivity index (χ2v) is 9.28. The fourth-order valence-electron chi connectivity index (χ4n) is 2.86. The van der Waals surface area contributed by atoms with E-state index in [0.29, 0.717) is 37.4 Å². The van der Waals surface area contributed by atoms with Gasteiger partial charge in [-0.2, -0.15) is 10.2 Å². The van der Waals surface area contributed by atoms with E-state index in [1.165, 1.54) is 4.68 Å². The molecule has 0 atom stereocenters. The monoisotopic (exact) mass is 587 g/mol. The first-order chi connectivity index (χ1) is 15.8. The molecule has 1 N–H and O–H groups in total. The summed E-state index contributed by atoms with van der Waals surface area (Å²) >= 11 is 28.0. The number of anilines is 1. The smallest absolute Gasteiger partial charge is 0.277 e. The second kappa shape index (κ2) is 10.4.